The first-order valence-electron chi connectivity index (χ1n) is 10.1. The van der Waals surface area contributed by atoms with Crippen LogP contribution < -0.4 is 14.8 Å². The maximum Gasteiger partial charge on any atom is 0.262 e. The predicted molar refractivity (Wildman–Crippen MR) is 126 cm³/mol. The van der Waals surface area contributed by atoms with Gasteiger partial charge >= 0.3 is 0 Å². The fourth-order valence-corrected chi connectivity index (χ4v) is 4.22. The number of rotatable bonds is 8. The van der Waals surface area contributed by atoms with Gasteiger partial charge in [-0.3, -0.25) is 9.59 Å². The summed E-state index contributed by atoms with van der Waals surface area (Å²) in [6.07, 6.45) is 0.743. The number of hydrogen-bond donors (Lipinski definition) is 1. The number of ether oxygens (including phenoxy) is 2. The molecule has 0 saturated carbocycles. The van der Waals surface area contributed by atoms with Crippen molar-refractivity contribution in [2.75, 3.05) is 19.0 Å². The number of methoxy groups -OCH3 is 1. The van der Waals surface area contributed by atoms with E-state index in [0.717, 1.165) is 22.5 Å². The number of benzene rings is 3. The van der Waals surface area contributed by atoms with Gasteiger partial charge in [0.15, 0.2) is 23.9 Å². The van der Waals surface area contributed by atoms with Gasteiger partial charge in [-0.2, -0.15) is 0 Å². The molecule has 0 aliphatic heterocycles. The Morgan fingerprint density at radius 2 is 1.78 bits per heavy atom. The summed E-state index contributed by atoms with van der Waals surface area (Å²) in [7, 11) is 1.49. The number of carbonyl (C=O) groups excluding carboxylic acids is 2. The minimum atomic E-state index is -0.290. The van der Waals surface area contributed by atoms with E-state index in [1.807, 2.05) is 42.5 Å². The Bertz CT molecular complexity index is 1230. The number of hydrogen-bond acceptors (Lipinski definition) is 6. The molecular weight excluding hydrogens is 424 g/mol. The van der Waals surface area contributed by atoms with Gasteiger partial charge in [-0.25, -0.2) is 4.98 Å². The van der Waals surface area contributed by atoms with Crippen LogP contribution in [0.15, 0.2) is 66.7 Å². The molecule has 0 unspecified atom stereocenters. The molecule has 1 aromatic heterocycles. The molecule has 0 spiro atoms. The Balaban J connectivity index is 1.33. The molecule has 6 nitrogen and oxygen atoms in total. The van der Waals surface area contributed by atoms with Crippen molar-refractivity contribution >= 4 is 38.9 Å². The molecule has 4 aromatic rings. The first kappa shape index (κ1) is 21.5. The van der Waals surface area contributed by atoms with E-state index in [2.05, 4.69) is 16.4 Å². The zero-order valence-corrected chi connectivity index (χ0v) is 18.6. The summed E-state index contributed by atoms with van der Waals surface area (Å²) in [5.41, 5.74) is 3.34. The molecule has 0 bridgehead atoms. The lowest BCUT2D eigenvalue weighted by molar-refractivity contribution is -0.118. The Morgan fingerprint density at radius 3 is 2.50 bits per heavy atom. The Kier molecular flexibility index (Phi) is 6.47. The van der Waals surface area contributed by atoms with E-state index in [9.17, 15) is 9.59 Å². The molecule has 1 heterocycles. The predicted octanol–water partition coefficient (Wildman–Crippen LogP) is 5.12. The maximum absolute atomic E-state index is 12.3. The molecule has 0 fully saturated rings. The third-order valence-electron chi connectivity index (χ3n) is 4.86. The number of para-hydroxylation sites is 1. The first-order chi connectivity index (χ1) is 15.5. The van der Waals surface area contributed by atoms with Crippen molar-refractivity contribution in [3.8, 4) is 11.5 Å². The number of Topliss-reactive ketones (excluding diaryl/α,β-unsaturated/α-hetero) is 1. The number of thiazole rings is 1. The second-order valence-electron chi connectivity index (χ2n) is 7.21. The van der Waals surface area contributed by atoms with Gasteiger partial charge in [-0.1, -0.05) is 24.3 Å². The lowest BCUT2D eigenvalue weighted by atomic mass is 10.1. The second kappa shape index (κ2) is 9.62. The highest BCUT2D eigenvalue weighted by Gasteiger charge is 2.11. The van der Waals surface area contributed by atoms with E-state index < -0.39 is 0 Å². The van der Waals surface area contributed by atoms with Crippen LogP contribution in [0.25, 0.3) is 10.2 Å². The van der Waals surface area contributed by atoms with Gasteiger partial charge in [-0.15, -0.1) is 11.3 Å². The summed E-state index contributed by atoms with van der Waals surface area (Å²) in [6, 6.07) is 20.6. The van der Waals surface area contributed by atoms with Crippen molar-refractivity contribution in [3.63, 3.8) is 0 Å². The number of fused-ring (bicyclic) bond motifs is 1. The van der Waals surface area contributed by atoms with Gasteiger partial charge in [0.05, 0.1) is 22.3 Å². The van der Waals surface area contributed by atoms with Crippen LogP contribution in [0.1, 0.15) is 27.9 Å². The summed E-state index contributed by atoms with van der Waals surface area (Å²) in [4.78, 5) is 28.5. The van der Waals surface area contributed by atoms with E-state index in [4.69, 9.17) is 9.47 Å². The summed E-state index contributed by atoms with van der Waals surface area (Å²) in [5.74, 6) is 0.448. The maximum atomic E-state index is 12.3. The molecule has 0 aliphatic carbocycles. The van der Waals surface area contributed by atoms with Gasteiger partial charge in [0, 0.05) is 17.7 Å². The highest BCUT2D eigenvalue weighted by Crippen LogP contribution is 2.28. The van der Waals surface area contributed by atoms with Gasteiger partial charge in [0.2, 0.25) is 0 Å². The van der Waals surface area contributed by atoms with Crippen LogP contribution >= 0.6 is 11.3 Å². The van der Waals surface area contributed by atoms with E-state index in [0.29, 0.717) is 22.7 Å². The average Bonchev–Trinajstić information content (AvgIpc) is 3.21. The highest BCUT2D eigenvalue weighted by molar-refractivity contribution is 7.18. The van der Waals surface area contributed by atoms with Crippen LogP contribution in [0.3, 0.4) is 0 Å². The fourth-order valence-electron chi connectivity index (χ4n) is 3.22. The van der Waals surface area contributed by atoms with Gasteiger partial charge in [0.1, 0.15) is 0 Å². The normalized spacial score (nSPS) is 10.7. The molecule has 7 heteroatoms. The molecule has 0 atom stereocenters. The van der Waals surface area contributed by atoms with Gasteiger partial charge < -0.3 is 14.8 Å². The van der Waals surface area contributed by atoms with Crippen LogP contribution in [-0.4, -0.2) is 30.4 Å². The second-order valence-corrected chi connectivity index (χ2v) is 8.32. The molecule has 1 amide bonds. The zero-order chi connectivity index (χ0) is 22.5. The fraction of sp³-hybridized carbons (Fsp3) is 0.160. The van der Waals surface area contributed by atoms with Crippen molar-refractivity contribution < 1.29 is 19.1 Å². The quantitative estimate of drug-likeness (QED) is 0.380. The van der Waals surface area contributed by atoms with Crippen molar-refractivity contribution in [2.45, 2.75) is 13.3 Å². The van der Waals surface area contributed by atoms with Crippen molar-refractivity contribution in [2.24, 2.45) is 0 Å². The number of amides is 1. The standard InChI is InChI=1S/C25H22N2O4S/c1-16(28)18-9-12-21(22(14-18)30-2)31-15-24(29)26-19-10-7-17(8-11-19)13-25-27-20-5-3-4-6-23(20)32-25/h3-12,14H,13,15H2,1-2H3,(H,26,29). The van der Waals surface area contributed by atoms with E-state index in [1.54, 1.807) is 29.5 Å². The number of anilines is 1. The third-order valence-corrected chi connectivity index (χ3v) is 5.90. The summed E-state index contributed by atoms with van der Waals surface area (Å²) in [6.45, 7) is 1.30. The third kappa shape index (κ3) is 5.12. The molecular formula is C25H22N2O4S. The van der Waals surface area contributed by atoms with E-state index in [1.165, 1.54) is 18.7 Å². The Hall–Kier alpha value is -3.71. The molecule has 0 aliphatic rings. The van der Waals surface area contributed by atoms with Crippen LogP contribution in [-0.2, 0) is 11.2 Å². The van der Waals surface area contributed by atoms with Crippen LogP contribution in [0.5, 0.6) is 11.5 Å². The molecule has 1 N–H and O–H groups in total. The Labute approximate surface area is 189 Å². The van der Waals surface area contributed by atoms with Crippen molar-refractivity contribution in [1.29, 1.82) is 0 Å². The SMILES string of the molecule is COc1cc(C(C)=O)ccc1OCC(=O)Nc1ccc(Cc2nc3ccccc3s2)cc1. The highest BCUT2D eigenvalue weighted by atomic mass is 32.1. The molecule has 162 valence electrons. The molecule has 0 radical (unpaired) electrons. The summed E-state index contributed by atoms with van der Waals surface area (Å²) >= 11 is 1.69. The molecule has 0 saturated heterocycles. The number of ketones is 1. The Morgan fingerprint density at radius 1 is 1.00 bits per heavy atom. The van der Waals surface area contributed by atoms with Crippen LogP contribution in [0.4, 0.5) is 5.69 Å². The minimum absolute atomic E-state index is 0.0702. The largest absolute Gasteiger partial charge is 0.493 e. The smallest absolute Gasteiger partial charge is 0.262 e. The molecule has 4 rings (SSSR count). The lowest BCUT2D eigenvalue weighted by Crippen LogP contribution is -2.20. The number of nitrogens with zero attached hydrogens (tertiary/aromatic N) is 1. The van der Waals surface area contributed by atoms with Crippen LogP contribution in [0, 0.1) is 0 Å². The first-order valence-corrected chi connectivity index (χ1v) is 10.9. The monoisotopic (exact) mass is 446 g/mol. The minimum Gasteiger partial charge on any atom is -0.493 e. The zero-order valence-electron chi connectivity index (χ0n) is 17.8. The topological polar surface area (TPSA) is 77.5 Å². The van der Waals surface area contributed by atoms with Crippen molar-refractivity contribution in [3.05, 3.63) is 82.9 Å². The molecule has 32 heavy (non-hydrogen) atoms. The number of aromatic nitrogens is 1. The summed E-state index contributed by atoms with van der Waals surface area (Å²) < 4.78 is 12.0. The van der Waals surface area contributed by atoms with Gasteiger partial charge in [-0.05, 0) is 55.0 Å². The summed E-state index contributed by atoms with van der Waals surface area (Å²) in [5, 5.41) is 3.88. The lowest BCUT2D eigenvalue weighted by Gasteiger charge is -2.12. The van der Waals surface area contributed by atoms with Crippen LogP contribution in [0.2, 0.25) is 0 Å². The van der Waals surface area contributed by atoms with Gasteiger partial charge in [0.25, 0.3) is 5.91 Å². The van der Waals surface area contributed by atoms with Crippen molar-refractivity contribution in [1.82, 2.24) is 4.98 Å². The number of carbonyl (C=O) groups is 2. The van der Waals surface area contributed by atoms with E-state index >= 15 is 0 Å². The number of nitrogens with one attached hydrogen (secondary N) is 1. The average molecular weight is 447 g/mol. The molecule has 3 aromatic carbocycles. The van der Waals surface area contributed by atoms with E-state index in [-0.39, 0.29) is 18.3 Å².